The predicted octanol–water partition coefficient (Wildman–Crippen LogP) is 2.84. The van der Waals surface area contributed by atoms with E-state index in [-0.39, 0.29) is 0 Å². The highest BCUT2D eigenvalue weighted by atomic mass is 28.5. The van der Waals surface area contributed by atoms with E-state index < -0.39 is 29.9 Å². The van der Waals surface area contributed by atoms with E-state index in [1.807, 2.05) is 0 Å². The second-order valence-corrected chi connectivity index (χ2v) is 6.56. The van der Waals surface area contributed by atoms with Gasteiger partial charge in [-0.15, -0.1) is 0 Å². The Morgan fingerprint density at radius 3 is 1.40 bits per heavy atom. The van der Waals surface area contributed by atoms with Gasteiger partial charge in [0.05, 0.1) is 0 Å². The van der Waals surface area contributed by atoms with Crippen LogP contribution < -0.4 is 0 Å². The third-order valence-electron chi connectivity index (χ3n) is 0.847. The molecule has 0 aromatic heterocycles. The topological polar surface area (TPSA) is 0 Å². The van der Waals surface area contributed by atoms with Crippen LogP contribution in [-0.4, -0.2) is 17.8 Å². The van der Waals surface area contributed by atoms with Gasteiger partial charge in [0.2, 0.25) is 0 Å². The second kappa shape index (κ2) is 2.99. The molecule has 0 aromatic carbocycles. The van der Waals surface area contributed by atoms with Gasteiger partial charge in [0, 0.05) is 12.1 Å². The summed E-state index contributed by atoms with van der Waals surface area (Å²) < 4.78 is 58.1. The van der Waals surface area contributed by atoms with E-state index in [4.69, 9.17) is 0 Å². The van der Waals surface area contributed by atoms with Gasteiger partial charge in [-0.05, 0) is 6.55 Å². The number of rotatable bonds is 3. The van der Waals surface area contributed by atoms with Gasteiger partial charge in [-0.2, -0.15) is 0 Å². The van der Waals surface area contributed by atoms with E-state index in [0.29, 0.717) is 6.55 Å². The Morgan fingerprint density at radius 1 is 0.900 bits per heavy atom. The molecule has 0 bridgehead atoms. The SMILES string of the molecule is C[Si](F)(F)CC[Si](F)(F)F. The van der Waals surface area contributed by atoms with E-state index >= 15 is 0 Å². The molecule has 62 valence electrons. The Morgan fingerprint density at radius 2 is 1.30 bits per heavy atom. The van der Waals surface area contributed by atoms with Crippen LogP contribution in [0.15, 0.2) is 0 Å². The molecule has 0 aliphatic heterocycles. The molecular weight excluding hydrogens is 187 g/mol. The maximum atomic E-state index is 11.9. The first-order valence-corrected chi connectivity index (χ1v) is 6.96. The molecule has 0 radical (unpaired) electrons. The fourth-order valence-corrected chi connectivity index (χ4v) is 3.25. The molecule has 0 unspecified atom stereocenters. The third-order valence-corrected chi connectivity index (χ3v) is 3.29. The van der Waals surface area contributed by atoms with Crippen LogP contribution >= 0.6 is 0 Å². The van der Waals surface area contributed by atoms with Crippen molar-refractivity contribution in [2.24, 2.45) is 0 Å². The predicted molar refractivity (Wildman–Crippen MR) is 32.5 cm³/mol. The molecule has 0 atom stereocenters. The van der Waals surface area contributed by atoms with E-state index in [9.17, 15) is 20.5 Å². The maximum Gasteiger partial charge on any atom is 0.615 e. The van der Waals surface area contributed by atoms with Crippen molar-refractivity contribution in [2.45, 2.75) is 18.6 Å². The van der Waals surface area contributed by atoms with Crippen molar-refractivity contribution in [3.05, 3.63) is 0 Å². The lowest BCUT2D eigenvalue weighted by molar-refractivity contribution is 0.467. The lowest BCUT2D eigenvalue weighted by atomic mass is 10.9. The fourth-order valence-electron chi connectivity index (χ4n) is 0.361. The van der Waals surface area contributed by atoms with Gasteiger partial charge in [0.25, 0.3) is 0 Å². The van der Waals surface area contributed by atoms with Gasteiger partial charge in [-0.1, -0.05) is 0 Å². The van der Waals surface area contributed by atoms with Crippen LogP contribution in [0.2, 0.25) is 18.6 Å². The zero-order valence-corrected chi connectivity index (χ0v) is 7.30. The standard InChI is InChI=1S/C3H7F5Si2/c1-9(4,5)2-3-10(6,7)8/h2-3H2,1H3. The summed E-state index contributed by atoms with van der Waals surface area (Å²) in [5, 5.41) is 0. The molecule has 0 aliphatic carbocycles. The van der Waals surface area contributed by atoms with Crippen LogP contribution in [0.25, 0.3) is 0 Å². The smallest absolute Gasteiger partial charge is 0.271 e. The summed E-state index contributed by atoms with van der Waals surface area (Å²) >= 11 is 0. The molecule has 0 heterocycles. The highest BCUT2D eigenvalue weighted by Gasteiger charge is 2.41. The average Bonchev–Trinajstić information content (AvgIpc) is 1.57. The van der Waals surface area contributed by atoms with Gasteiger partial charge < -0.3 is 0 Å². The van der Waals surface area contributed by atoms with Crippen molar-refractivity contribution in [3.63, 3.8) is 0 Å². The molecule has 0 aliphatic rings. The van der Waals surface area contributed by atoms with Crippen LogP contribution in [0, 0.1) is 0 Å². The minimum atomic E-state index is -5.71. The summed E-state index contributed by atoms with van der Waals surface area (Å²) in [6.45, 7) is 0.632. The highest BCUT2D eigenvalue weighted by Crippen LogP contribution is 2.24. The lowest BCUT2D eigenvalue weighted by Crippen LogP contribution is -2.22. The first-order valence-electron chi connectivity index (χ1n) is 2.65. The van der Waals surface area contributed by atoms with Gasteiger partial charge in [-0.3, -0.25) is 8.22 Å². The molecular formula is C3H7F5Si2. The van der Waals surface area contributed by atoms with E-state index in [0.717, 1.165) is 0 Å². The van der Waals surface area contributed by atoms with Gasteiger partial charge in [0.1, 0.15) is 0 Å². The van der Waals surface area contributed by atoms with Crippen LogP contribution in [0.3, 0.4) is 0 Å². The fraction of sp³-hybridized carbons (Fsp3) is 1.00. The lowest BCUT2D eigenvalue weighted by Gasteiger charge is -2.05. The average molecular weight is 194 g/mol. The van der Waals surface area contributed by atoms with Gasteiger partial charge >= 0.3 is 17.8 Å². The molecule has 0 amide bonds. The highest BCUT2D eigenvalue weighted by molar-refractivity contribution is 6.68. The Bertz CT molecular complexity index is 88.4. The molecule has 7 heteroatoms. The van der Waals surface area contributed by atoms with Gasteiger partial charge in [-0.25, -0.2) is 12.3 Å². The van der Waals surface area contributed by atoms with E-state index in [1.165, 1.54) is 0 Å². The maximum absolute atomic E-state index is 11.9. The molecule has 0 spiro atoms. The first-order chi connectivity index (χ1) is 4.21. The molecule has 0 nitrogen and oxygen atoms in total. The summed E-state index contributed by atoms with van der Waals surface area (Å²) in [6.07, 6.45) is 0. The Labute approximate surface area is 57.9 Å². The summed E-state index contributed by atoms with van der Waals surface area (Å²) in [6, 6.07) is -2.15. The largest absolute Gasteiger partial charge is 0.615 e. The number of hydrogen-bond acceptors (Lipinski definition) is 0. The van der Waals surface area contributed by atoms with Crippen molar-refractivity contribution in [2.75, 3.05) is 0 Å². The minimum Gasteiger partial charge on any atom is -0.271 e. The third kappa shape index (κ3) is 8.08. The second-order valence-electron chi connectivity index (χ2n) is 2.19. The minimum absolute atomic E-state index is 0.632. The molecule has 10 heavy (non-hydrogen) atoms. The Hall–Kier alpha value is 0.0838. The summed E-state index contributed by atoms with van der Waals surface area (Å²) in [7, 11) is -10.2. The van der Waals surface area contributed by atoms with Crippen LogP contribution in [0.5, 0.6) is 0 Å². The Balaban J connectivity index is 3.56. The van der Waals surface area contributed by atoms with Crippen LogP contribution in [0.1, 0.15) is 0 Å². The Kier molecular flexibility index (Phi) is 3.02. The quantitative estimate of drug-likeness (QED) is 0.368. The molecule has 0 fully saturated rings. The number of halogens is 5. The van der Waals surface area contributed by atoms with E-state index in [2.05, 4.69) is 0 Å². The van der Waals surface area contributed by atoms with Crippen molar-refractivity contribution in [1.82, 2.24) is 0 Å². The van der Waals surface area contributed by atoms with E-state index in [1.54, 1.807) is 0 Å². The monoisotopic (exact) mass is 194 g/mol. The zero-order chi connectivity index (χ0) is 8.41. The normalized spacial score (nSPS) is 13.8. The molecule has 0 saturated carbocycles. The van der Waals surface area contributed by atoms with Crippen molar-refractivity contribution in [3.8, 4) is 0 Å². The summed E-state index contributed by atoms with van der Waals surface area (Å²) in [5.74, 6) is 0. The van der Waals surface area contributed by atoms with Crippen molar-refractivity contribution in [1.29, 1.82) is 0 Å². The molecule has 0 aromatic rings. The molecule has 0 N–H and O–H groups in total. The molecule has 0 saturated heterocycles. The van der Waals surface area contributed by atoms with Crippen molar-refractivity contribution >= 4 is 17.8 Å². The van der Waals surface area contributed by atoms with Crippen molar-refractivity contribution < 1.29 is 20.5 Å². The summed E-state index contributed by atoms with van der Waals surface area (Å²) in [4.78, 5) is 0. The zero-order valence-electron chi connectivity index (χ0n) is 5.30. The summed E-state index contributed by atoms with van der Waals surface area (Å²) in [5.41, 5.74) is 0. The number of hydrogen-bond donors (Lipinski definition) is 0. The van der Waals surface area contributed by atoms with Crippen LogP contribution in [0.4, 0.5) is 20.5 Å². The van der Waals surface area contributed by atoms with Gasteiger partial charge in [0.15, 0.2) is 0 Å². The first kappa shape index (κ1) is 10.1. The van der Waals surface area contributed by atoms with Crippen LogP contribution in [-0.2, 0) is 0 Å². The molecule has 0 rings (SSSR count).